The van der Waals surface area contributed by atoms with Gasteiger partial charge in [0, 0.05) is 18.0 Å². The van der Waals surface area contributed by atoms with Crippen LogP contribution >= 0.6 is 0 Å². The van der Waals surface area contributed by atoms with E-state index < -0.39 is 0 Å². The molecule has 1 aromatic heterocycles. The molecule has 0 spiro atoms. The lowest BCUT2D eigenvalue weighted by Gasteiger charge is -2.20. The first-order valence-corrected chi connectivity index (χ1v) is 6.28. The number of halogens is 1. The van der Waals surface area contributed by atoms with Gasteiger partial charge < -0.3 is 10.3 Å². The summed E-state index contributed by atoms with van der Waals surface area (Å²) in [6.45, 7) is 3.10. The van der Waals surface area contributed by atoms with Crippen molar-refractivity contribution in [3.8, 4) is 11.3 Å². The highest BCUT2D eigenvalue weighted by molar-refractivity contribution is 5.71. The number of hydrogen-bond donors (Lipinski definition) is 1. The van der Waals surface area contributed by atoms with E-state index in [0.29, 0.717) is 11.7 Å². The number of nitrogens with zero attached hydrogens (tertiary/aromatic N) is 2. The molecule has 1 aliphatic rings. The van der Waals surface area contributed by atoms with E-state index in [0.717, 1.165) is 36.5 Å². The van der Waals surface area contributed by atoms with Gasteiger partial charge in [0.25, 0.3) is 0 Å². The Labute approximate surface area is 105 Å². The van der Waals surface area contributed by atoms with Crippen LogP contribution in [-0.4, -0.2) is 9.55 Å². The number of rotatable bonds is 1. The fourth-order valence-corrected chi connectivity index (χ4v) is 2.60. The van der Waals surface area contributed by atoms with Gasteiger partial charge in [-0.15, -0.1) is 0 Å². The molecule has 1 aromatic carbocycles. The van der Waals surface area contributed by atoms with Crippen molar-refractivity contribution in [2.24, 2.45) is 0 Å². The van der Waals surface area contributed by atoms with Crippen molar-refractivity contribution in [3.63, 3.8) is 0 Å². The van der Waals surface area contributed by atoms with Gasteiger partial charge in [-0.3, -0.25) is 0 Å². The van der Waals surface area contributed by atoms with Gasteiger partial charge in [-0.1, -0.05) is 6.92 Å². The van der Waals surface area contributed by atoms with Crippen LogP contribution in [0.5, 0.6) is 0 Å². The normalized spacial score (nSPS) is 18.7. The molecule has 2 aromatic rings. The van der Waals surface area contributed by atoms with Crippen LogP contribution in [0, 0.1) is 5.82 Å². The third kappa shape index (κ3) is 1.68. The summed E-state index contributed by atoms with van der Waals surface area (Å²) in [7, 11) is 0. The summed E-state index contributed by atoms with van der Waals surface area (Å²) < 4.78 is 15.0. The molecular weight excluding hydrogens is 229 g/mol. The van der Waals surface area contributed by atoms with E-state index in [9.17, 15) is 4.39 Å². The second kappa shape index (κ2) is 4.12. The Balaban J connectivity index is 2.10. The van der Waals surface area contributed by atoms with Crippen molar-refractivity contribution >= 4 is 5.82 Å². The number of nitrogens with two attached hydrogens (primary N) is 1. The van der Waals surface area contributed by atoms with Crippen molar-refractivity contribution in [1.29, 1.82) is 0 Å². The van der Waals surface area contributed by atoms with Gasteiger partial charge in [-0.2, -0.15) is 0 Å². The van der Waals surface area contributed by atoms with Crippen LogP contribution in [-0.2, 0) is 6.54 Å². The quantitative estimate of drug-likeness (QED) is 0.838. The molecule has 4 heteroatoms. The standard InChI is InChI=1S/C14H16FN3/c1-9-3-2-8-18-13(16)12(17-14(9)18)10-4-6-11(15)7-5-10/h4-7,9H,2-3,8,16H2,1H3. The number of hydrogen-bond acceptors (Lipinski definition) is 2. The number of aromatic nitrogens is 2. The summed E-state index contributed by atoms with van der Waals surface area (Å²) in [6, 6.07) is 6.34. The molecule has 3 nitrogen and oxygen atoms in total. The van der Waals surface area contributed by atoms with Crippen molar-refractivity contribution in [2.75, 3.05) is 5.73 Å². The first kappa shape index (κ1) is 11.3. The Hall–Kier alpha value is -1.84. The van der Waals surface area contributed by atoms with Gasteiger partial charge >= 0.3 is 0 Å². The first-order valence-electron chi connectivity index (χ1n) is 6.28. The number of fused-ring (bicyclic) bond motifs is 1. The zero-order valence-electron chi connectivity index (χ0n) is 10.4. The van der Waals surface area contributed by atoms with Crippen LogP contribution < -0.4 is 5.73 Å². The third-order valence-electron chi connectivity index (χ3n) is 3.61. The maximum atomic E-state index is 12.9. The molecule has 0 fully saturated rings. The smallest absolute Gasteiger partial charge is 0.131 e. The molecule has 0 saturated carbocycles. The average Bonchev–Trinajstić information content (AvgIpc) is 2.70. The summed E-state index contributed by atoms with van der Waals surface area (Å²) in [6.07, 6.45) is 2.29. The topological polar surface area (TPSA) is 43.8 Å². The Morgan fingerprint density at radius 3 is 2.72 bits per heavy atom. The maximum absolute atomic E-state index is 12.9. The summed E-state index contributed by atoms with van der Waals surface area (Å²) >= 11 is 0. The van der Waals surface area contributed by atoms with Gasteiger partial charge in [0.15, 0.2) is 0 Å². The molecular formula is C14H16FN3. The minimum absolute atomic E-state index is 0.241. The molecule has 1 aliphatic heterocycles. The van der Waals surface area contributed by atoms with Crippen molar-refractivity contribution in [3.05, 3.63) is 35.9 Å². The lowest BCUT2D eigenvalue weighted by atomic mass is 10.0. The van der Waals surface area contributed by atoms with E-state index in [4.69, 9.17) is 5.73 Å². The van der Waals surface area contributed by atoms with Crippen molar-refractivity contribution in [1.82, 2.24) is 9.55 Å². The Morgan fingerprint density at radius 1 is 1.33 bits per heavy atom. The minimum atomic E-state index is -0.241. The van der Waals surface area contributed by atoms with E-state index in [-0.39, 0.29) is 5.82 Å². The van der Waals surface area contributed by atoms with E-state index in [2.05, 4.69) is 16.5 Å². The van der Waals surface area contributed by atoms with E-state index in [1.807, 2.05) is 0 Å². The van der Waals surface area contributed by atoms with Crippen LogP contribution in [0.3, 0.4) is 0 Å². The van der Waals surface area contributed by atoms with Crippen molar-refractivity contribution < 1.29 is 4.39 Å². The molecule has 0 bridgehead atoms. The van der Waals surface area contributed by atoms with Crippen LogP contribution in [0.25, 0.3) is 11.3 Å². The molecule has 1 unspecified atom stereocenters. The molecule has 2 heterocycles. The van der Waals surface area contributed by atoms with Crippen LogP contribution in [0.15, 0.2) is 24.3 Å². The summed E-state index contributed by atoms with van der Waals surface area (Å²) in [5.41, 5.74) is 7.82. The van der Waals surface area contributed by atoms with Gasteiger partial charge in [-0.25, -0.2) is 9.37 Å². The van der Waals surface area contributed by atoms with Gasteiger partial charge in [0.2, 0.25) is 0 Å². The Kier molecular flexibility index (Phi) is 2.58. The number of imidazole rings is 1. The third-order valence-corrected chi connectivity index (χ3v) is 3.61. The monoisotopic (exact) mass is 245 g/mol. The van der Waals surface area contributed by atoms with Crippen LogP contribution in [0.1, 0.15) is 31.5 Å². The molecule has 18 heavy (non-hydrogen) atoms. The van der Waals surface area contributed by atoms with Gasteiger partial charge in [0.05, 0.1) is 0 Å². The lowest BCUT2D eigenvalue weighted by molar-refractivity contribution is 0.467. The molecule has 0 radical (unpaired) electrons. The second-order valence-electron chi connectivity index (χ2n) is 4.91. The highest BCUT2D eigenvalue weighted by Gasteiger charge is 2.23. The number of benzene rings is 1. The molecule has 94 valence electrons. The Morgan fingerprint density at radius 2 is 2.06 bits per heavy atom. The zero-order chi connectivity index (χ0) is 12.7. The molecule has 0 aliphatic carbocycles. The lowest BCUT2D eigenvalue weighted by Crippen LogP contribution is -2.15. The van der Waals surface area contributed by atoms with Crippen LogP contribution in [0.2, 0.25) is 0 Å². The summed E-state index contributed by atoms with van der Waals surface area (Å²) in [4.78, 5) is 4.65. The molecule has 3 rings (SSSR count). The van der Waals surface area contributed by atoms with E-state index in [1.165, 1.54) is 12.1 Å². The summed E-state index contributed by atoms with van der Waals surface area (Å²) in [5.74, 6) is 1.95. The minimum Gasteiger partial charge on any atom is -0.383 e. The molecule has 0 saturated heterocycles. The first-order chi connectivity index (χ1) is 8.66. The maximum Gasteiger partial charge on any atom is 0.131 e. The average molecular weight is 245 g/mol. The number of nitrogen functional groups attached to an aromatic ring is 1. The van der Waals surface area contributed by atoms with Crippen LogP contribution in [0.4, 0.5) is 10.2 Å². The molecule has 1 atom stereocenters. The highest BCUT2D eigenvalue weighted by atomic mass is 19.1. The summed E-state index contributed by atoms with van der Waals surface area (Å²) in [5, 5.41) is 0. The fourth-order valence-electron chi connectivity index (χ4n) is 2.60. The SMILES string of the molecule is CC1CCCn2c1nc(-c1ccc(F)cc1)c2N. The fraction of sp³-hybridized carbons (Fsp3) is 0.357. The molecule has 2 N–H and O–H groups in total. The highest BCUT2D eigenvalue weighted by Crippen LogP contribution is 2.34. The zero-order valence-corrected chi connectivity index (χ0v) is 10.4. The largest absolute Gasteiger partial charge is 0.383 e. The predicted octanol–water partition coefficient (Wildman–Crippen LogP) is 3.17. The number of anilines is 1. The second-order valence-corrected chi connectivity index (χ2v) is 4.91. The van der Waals surface area contributed by atoms with E-state index >= 15 is 0 Å². The Bertz CT molecular complexity index is 571. The van der Waals surface area contributed by atoms with Gasteiger partial charge in [-0.05, 0) is 37.1 Å². The van der Waals surface area contributed by atoms with Gasteiger partial charge in [0.1, 0.15) is 23.2 Å². The molecule has 0 amide bonds. The van der Waals surface area contributed by atoms with Crippen molar-refractivity contribution in [2.45, 2.75) is 32.2 Å². The predicted molar refractivity (Wildman–Crippen MR) is 69.7 cm³/mol. The van der Waals surface area contributed by atoms with E-state index in [1.54, 1.807) is 12.1 Å².